The molecule has 6 nitrogen and oxygen atoms in total. The van der Waals surface area contributed by atoms with Gasteiger partial charge >= 0.3 is 5.97 Å². The number of nitrogens with one attached hydrogen (secondary N) is 1. The van der Waals surface area contributed by atoms with Gasteiger partial charge in [0, 0.05) is 10.7 Å². The van der Waals surface area contributed by atoms with Gasteiger partial charge in [-0.05, 0) is 31.2 Å². The molecule has 1 aromatic carbocycles. The molecule has 1 aliphatic rings. The molecule has 2 rings (SSSR count). The molecule has 0 saturated carbocycles. The first-order valence-electron chi connectivity index (χ1n) is 6.28. The summed E-state index contributed by atoms with van der Waals surface area (Å²) in [5.41, 5.74) is 0.559. The van der Waals surface area contributed by atoms with Crippen molar-refractivity contribution < 1.29 is 23.8 Å². The van der Waals surface area contributed by atoms with Crippen LogP contribution in [0.15, 0.2) is 36.3 Å². The number of anilines is 1. The Balaban J connectivity index is 1.88. The molecule has 0 aromatic heterocycles. The van der Waals surface area contributed by atoms with E-state index in [0.29, 0.717) is 17.3 Å². The molecule has 0 saturated heterocycles. The first kappa shape index (κ1) is 15.2. The molecular formula is C14H14ClNO5. The Morgan fingerprint density at radius 3 is 2.62 bits per heavy atom. The third kappa shape index (κ3) is 4.39. The van der Waals surface area contributed by atoms with Gasteiger partial charge in [-0.3, -0.25) is 4.79 Å². The topological polar surface area (TPSA) is 73.9 Å². The molecule has 7 heteroatoms. The van der Waals surface area contributed by atoms with E-state index in [1.54, 1.807) is 24.3 Å². The van der Waals surface area contributed by atoms with E-state index in [-0.39, 0.29) is 12.4 Å². The van der Waals surface area contributed by atoms with Crippen molar-refractivity contribution in [1.29, 1.82) is 0 Å². The zero-order valence-electron chi connectivity index (χ0n) is 11.3. The van der Waals surface area contributed by atoms with E-state index >= 15 is 0 Å². The van der Waals surface area contributed by atoms with Gasteiger partial charge in [0.15, 0.2) is 6.10 Å². The lowest BCUT2D eigenvalue weighted by Crippen LogP contribution is -2.31. The average Bonchev–Trinajstić information content (AvgIpc) is 2.50. The van der Waals surface area contributed by atoms with Crippen molar-refractivity contribution in [2.45, 2.75) is 13.0 Å². The van der Waals surface area contributed by atoms with Crippen molar-refractivity contribution >= 4 is 29.2 Å². The zero-order chi connectivity index (χ0) is 15.2. The number of ether oxygens (including phenoxy) is 3. The molecule has 0 spiro atoms. The Morgan fingerprint density at radius 1 is 1.29 bits per heavy atom. The minimum Gasteiger partial charge on any atom is -0.493 e. The van der Waals surface area contributed by atoms with Gasteiger partial charge in [0.05, 0.1) is 0 Å². The quantitative estimate of drug-likeness (QED) is 0.862. The summed E-state index contributed by atoms with van der Waals surface area (Å²) in [6.45, 7) is 2.11. The predicted molar refractivity (Wildman–Crippen MR) is 75.6 cm³/mol. The van der Waals surface area contributed by atoms with Crippen LogP contribution in [0.1, 0.15) is 6.92 Å². The Bertz CT molecular complexity index is 555. The van der Waals surface area contributed by atoms with Gasteiger partial charge in [-0.25, -0.2) is 4.79 Å². The molecule has 1 aliphatic heterocycles. The highest BCUT2D eigenvalue weighted by Crippen LogP contribution is 2.14. The molecule has 112 valence electrons. The molecule has 21 heavy (non-hydrogen) atoms. The van der Waals surface area contributed by atoms with Crippen molar-refractivity contribution in [3.8, 4) is 0 Å². The van der Waals surface area contributed by atoms with Crippen LogP contribution >= 0.6 is 11.6 Å². The van der Waals surface area contributed by atoms with Crippen LogP contribution in [0, 0.1) is 0 Å². The molecule has 0 bridgehead atoms. The monoisotopic (exact) mass is 311 g/mol. The van der Waals surface area contributed by atoms with E-state index in [2.05, 4.69) is 5.32 Å². The maximum Gasteiger partial charge on any atom is 0.377 e. The van der Waals surface area contributed by atoms with Gasteiger partial charge in [-0.15, -0.1) is 0 Å². The number of hydrogen-bond donors (Lipinski definition) is 1. The zero-order valence-corrected chi connectivity index (χ0v) is 12.1. The summed E-state index contributed by atoms with van der Waals surface area (Å²) in [6, 6.07) is 6.59. The van der Waals surface area contributed by atoms with Crippen molar-refractivity contribution in [3.05, 3.63) is 41.3 Å². The summed E-state index contributed by atoms with van der Waals surface area (Å²) in [5, 5.41) is 3.17. The molecule has 0 aliphatic carbocycles. The summed E-state index contributed by atoms with van der Waals surface area (Å²) < 4.78 is 15.0. The Labute approximate surface area is 126 Å². The number of carbonyl (C=O) groups excluding carboxylic acids is 2. The average molecular weight is 312 g/mol. The first-order valence-corrected chi connectivity index (χ1v) is 6.66. The highest BCUT2D eigenvalue weighted by Gasteiger charge is 2.23. The van der Waals surface area contributed by atoms with Gasteiger partial charge in [0.25, 0.3) is 5.91 Å². The number of esters is 1. The minimum absolute atomic E-state index is 0.0487. The second-order valence-electron chi connectivity index (χ2n) is 4.25. The maximum absolute atomic E-state index is 11.9. The third-order valence-corrected chi connectivity index (χ3v) is 2.87. The van der Waals surface area contributed by atoms with Crippen molar-refractivity contribution in [1.82, 2.24) is 0 Å². The van der Waals surface area contributed by atoms with E-state index < -0.39 is 18.0 Å². The largest absolute Gasteiger partial charge is 0.493 e. The highest BCUT2D eigenvalue weighted by molar-refractivity contribution is 6.30. The van der Waals surface area contributed by atoms with Crippen molar-refractivity contribution in [2.24, 2.45) is 0 Å². The predicted octanol–water partition coefficient (Wildman–Crippen LogP) is 2.10. The highest BCUT2D eigenvalue weighted by atomic mass is 35.5. The number of rotatable bonds is 4. The lowest BCUT2D eigenvalue weighted by atomic mass is 10.3. The third-order valence-electron chi connectivity index (χ3n) is 2.62. The normalized spacial score (nSPS) is 15.0. The second-order valence-corrected chi connectivity index (χ2v) is 4.68. The van der Waals surface area contributed by atoms with E-state index in [1.165, 1.54) is 13.2 Å². The Morgan fingerprint density at radius 2 is 2.00 bits per heavy atom. The number of halogens is 1. The second kappa shape index (κ2) is 6.99. The molecule has 0 unspecified atom stereocenters. The standard InChI is InChI=1S/C14H14ClNO5/c1-9(21-14(18)12-8-19-6-7-20-12)13(17)16-11-4-2-10(15)3-5-11/h2-5,8-9H,6-7H2,1H3,(H,16,17)/t9-/m1/s1. The fraction of sp³-hybridized carbons (Fsp3) is 0.286. The van der Waals surface area contributed by atoms with Crippen molar-refractivity contribution in [3.63, 3.8) is 0 Å². The lowest BCUT2D eigenvalue weighted by Gasteiger charge is -2.17. The SMILES string of the molecule is C[C@@H](OC(=O)C1=COCCO1)C(=O)Nc1ccc(Cl)cc1. The summed E-state index contributed by atoms with van der Waals surface area (Å²) in [7, 11) is 0. The van der Waals surface area contributed by atoms with Crippen LogP contribution in [0.3, 0.4) is 0 Å². The van der Waals surface area contributed by atoms with E-state index in [0.717, 1.165) is 0 Å². The van der Waals surface area contributed by atoms with Crippen LogP contribution in [-0.4, -0.2) is 31.2 Å². The fourth-order valence-electron chi connectivity index (χ4n) is 1.52. The number of carbonyl (C=O) groups is 2. The van der Waals surface area contributed by atoms with Crippen LogP contribution in [0.25, 0.3) is 0 Å². The number of amides is 1. The van der Waals surface area contributed by atoms with E-state index in [4.69, 9.17) is 25.8 Å². The van der Waals surface area contributed by atoms with E-state index in [1.807, 2.05) is 0 Å². The molecule has 1 atom stereocenters. The smallest absolute Gasteiger partial charge is 0.377 e. The molecule has 1 N–H and O–H groups in total. The molecular weight excluding hydrogens is 298 g/mol. The molecule has 1 aromatic rings. The van der Waals surface area contributed by atoms with E-state index in [9.17, 15) is 9.59 Å². The fourth-order valence-corrected chi connectivity index (χ4v) is 1.65. The van der Waals surface area contributed by atoms with Gasteiger partial charge in [-0.1, -0.05) is 11.6 Å². The summed E-state index contributed by atoms with van der Waals surface area (Å²) >= 11 is 5.75. The minimum atomic E-state index is -0.973. The number of hydrogen-bond acceptors (Lipinski definition) is 5. The van der Waals surface area contributed by atoms with Crippen LogP contribution in [0.4, 0.5) is 5.69 Å². The summed E-state index contributed by atoms with van der Waals surface area (Å²) in [6.07, 6.45) is 0.204. The number of benzene rings is 1. The van der Waals surface area contributed by atoms with Crippen molar-refractivity contribution in [2.75, 3.05) is 18.5 Å². The van der Waals surface area contributed by atoms with Gasteiger partial charge in [-0.2, -0.15) is 0 Å². The Kier molecular flexibility index (Phi) is 5.05. The van der Waals surface area contributed by atoms with Gasteiger partial charge < -0.3 is 19.5 Å². The Hall–Kier alpha value is -2.21. The van der Waals surface area contributed by atoms with Crippen LogP contribution < -0.4 is 5.32 Å². The summed E-state index contributed by atoms with van der Waals surface area (Å²) in [5.74, 6) is -1.25. The van der Waals surface area contributed by atoms with Crippen LogP contribution in [0.5, 0.6) is 0 Å². The van der Waals surface area contributed by atoms with Gasteiger partial charge in [0.1, 0.15) is 19.5 Å². The maximum atomic E-state index is 11.9. The molecule has 1 amide bonds. The lowest BCUT2D eigenvalue weighted by molar-refractivity contribution is -0.153. The van der Waals surface area contributed by atoms with Crippen LogP contribution in [-0.2, 0) is 23.8 Å². The van der Waals surface area contributed by atoms with Crippen LogP contribution in [0.2, 0.25) is 5.02 Å². The molecule has 0 radical (unpaired) electrons. The molecule has 0 fully saturated rings. The van der Waals surface area contributed by atoms with Gasteiger partial charge in [0.2, 0.25) is 5.76 Å². The summed E-state index contributed by atoms with van der Waals surface area (Å²) in [4.78, 5) is 23.6. The first-order chi connectivity index (χ1) is 10.1. The molecule has 1 heterocycles.